The summed E-state index contributed by atoms with van der Waals surface area (Å²) in [5.41, 5.74) is 0.979. The molecule has 2 aromatic carbocycles. The van der Waals surface area contributed by atoms with Crippen molar-refractivity contribution in [2.45, 2.75) is 6.42 Å². The van der Waals surface area contributed by atoms with Crippen LogP contribution in [0.4, 0.5) is 14.5 Å². The van der Waals surface area contributed by atoms with E-state index in [1.165, 1.54) is 12.1 Å². The Hall–Kier alpha value is -2.74. The number of hydrogen-bond acceptors (Lipinski definition) is 2. The first-order chi connectivity index (χ1) is 9.58. The van der Waals surface area contributed by atoms with E-state index in [1.54, 1.807) is 18.2 Å². The summed E-state index contributed by atoms with van der Waals surface area (Å²) < 4.78 is 26.1. The van der Waals surface area contributed by atoms with Crippen molar-refractivity contribution in [3.8, 4) is 6.07 Å². The molecule has 0 aliphatic heterocycles. The van der Waals surface area contributed by atoms with Crippen molar-refractivity contribution in [3.63, 3.8) is 0 Å². The molecule has 0 saturated heterocycles. The maximum Gasteiger partial charge on any atom is 0.228 e. The van der Waals surface area contributed by atoms with Crippen molar-refractivity contribution in [2.75, 3.05) is 5.32 Å². The average molecular weight is 272 g/mol. The molecule has 0 bridgehead atoms. The van der Waals surface area contributed by atoms with E-state index in [4.69, 9.17) is 5.26 Å². The van der Waals surface area contributed by atoms with Crippen LogP contribution < -0.4 is 5.32 Å². The van der Waals surface area contributed by atoms with Gasteiger partial charge in [0.05, 0.1) is 18.1 Å². The molecule has 20 heavy (non-hydrogen) atoms. The van der Waals surface area contributed by atoms with Gasteiger partial charge in [-0.25, -0.2) is 8.78 Å². The van der Waals surface area contributed by atoms with E-state index in [-0.39, 0.29) is 12.0 Å². The molecule has 0 aromatic heterocycles. The lowest BCUT2D eigenvalue weighted by molar-refractivity contribution is -0.115. The van der Waals surface area contributed by atoms with Gasteiger partial charge in [0.2, 0.25) is 5.91 Å². The van der Waals surface area contributed by atoms with Crippen LogP contribution in [-0.2, 0) is 11.2 Å². The van der Waals surface area contributed by atoms with E-state index in [0.29, 0.717) is 11.3 Å². The first kappa shape index (κ1) is 13.7. The molecule has 0 heterocycles. The van der Waals surface area contributed by atoms with Crippen molar-refractivity contribution in [3.05, 3.63) is 65.2 Å². The summed E-state index contributed by atoms with van der Waals surface area (Å²) in [6.45, 7) is 0. The average Bonchev–Trinajstić information content (AvgIpc) is 2.42. The summed E-state index contributed by atoms with van der Waals surface area (Å²) in [6.07, 6.45) is -0.205. The third-order valence-electron chi connectivity index (χ3n) is 2.64. The number of nitriles is 1. The molecule has 2 rings (SSSR count). The molecule has 5 heteroatoms. The maximum atomic E-state index is 13.4. The standard InChI is InChI=1S/C15H10F2N2O/c16-12-5-4-11(14(17)8-12)7-15(20)19-13-3-1-2-10(6-13)9-18/h1-6,8H,7H2,(H,19,20). The van der Waals surface area contributed by atoms with Gasteiger partial charge in [-0.05, 0) is 29.8 Å². The van der Waals surface area contributed by atoms with E-state index in [9.17, 15) is 13.6 Å². The predicted octanol–water partition coefficient (Wildman–Crippen LogP) is 3.02. The van der Waals surface area contributed by atoms with Crippen LogP contribution >= 0.6 is 0 Å². The van der Waals surface area contributed by atoms with Crippen molar-refractivity contribution < 1.29 is 13.6 Å². The molecule has 0 fully saturated rings. The van der Waals surface area contributed by atoms with Crippen LogP contribution in [0.2, 0.25) is 0 Å². The summed E-state index contributed by atoms with van der Waals surface area (Å²) in [5, 5.41) is 11.3. The van der Waals surface area contributed by atoms with Gasteiger partial charge in [0, 0.05) is 11.8 Å². The monoisotopic (exact) mass is 272 g/mol. The summed E-state index contributed by atoms with van der Waals surface area (Å²) in [4.78, 5) is 11.8. The smallest absolute Gasteiger partial charge is 0.228 e. The molecule has 100 valence electrons. The van der Waals surface area contributed by atoms with Gasteiger partial charge in [-0.15, -0.1) is 0 Å². The van der Waals surface area contributed by atoms with Gasteiger partial charge in [-0.3, -0.25) is 4.79 Å². The van der Waals surface area contributed by atoms with Crippen LogP contribution in [0.3, 0.4) is 0 Å². The third kappa shape index (κ3) is 3.39. The summed E-state index contributed by atoms with van der Waals surface area (Å²) in [7, 11) is 0. The zero-order valence-electron chi connectivity index (χ0n) is 10.4. The second kappa shape index (κ2) is 5.93. The number of hydrogen-bond donors (Lipinski definition) is 1. The largest absolute Gasteiger partial charge is 0.326 e. The highest BCUT2D eigenvalue weighted by molar-refractivity contribution is 5.92. The molecular formula is C15H10F2N2O. The Morgan fingerprint density at radius 3 is 2.70 bits per heavy atom. The van der Waals surface area contributed by atoms with Crippen molar-refractivity contribution in [1.29, 1.82) is 5.26 Å². The minimum Gasteiger partial charge on any atom is -0.326 e. The predicted molar refractivity (Wildman–Crippen MR) is 69.8 cm³/mol. The van der Waals surface area contributed by atoms with E-state index in [2.05, 4.69) is 5.32 Å². The van der Waals surface area contributed by atoms with E-state index < -0.39 is 17.5 Å². The highest BCUT2D eigenvalue weighted by Crippen LogP contribution is 2.13. The number of rotatable bonds is 3. The lowest BCUT2D eigenvalue weighted by atomic mass is 10.1. The number of amides is 1. The van der Waals surface area contributed by atoms with Gasteiger partial charge in [0.25, 0.3) is 0 Å². The molecule has 0 unspecified atom stereocenters. The molecule has 1 N–H and O–H groups in total. The molecule has 0 atom stereocenters. The van der Waals surface area contributed by atoms with Gasteiger partial charge in [-0.2, -0.15) is 5.26 Å². The molecule has 3 nitrogen and oxygen atoms in total. The van der Waals surface area contributed by atoms with E-state index >= 15 is 0 Å². The van der Waals surface area contributed by atoms with Crippen LogP contribution in [0.25, 0.3) is 0 Å². The second-order valence-electron chi connectivity index (χ2n) is 4.15. The highest BCUT2D eigenvalue weighted by atomic mass is 19.1. The van der Waals surface area contributed by atoms with Gasteiger partial charge >= 0.3 is 0 Å². The Balaban J connectivity index is 2.07. The normalized spacial score (nSPS) is 9.85. The fourth-order valence-electron chi connectivity index (χ4n) is 1.71. The zero-order chi connectivity index (χ0) is 14.5. The third-order valence-corrected chi connectivity index (χ3v) is 2.64. The van der Waals surface area contributed by atoms with Crippen LogP contribution in [0.5, 0.6) is 0 Å². The number of anilines is 1. The first-order valence-corrected chi connectivity index (χ1v) is 5.82. The maximum absolute atomic E-state index is 13.4. The Morgan fingerprint density at radius 2 is 2.00 bits per heavy atom. The topological polar surface area (TPSA) is 52.9 Å². The number of benzene rings is 2. The molecule has 0 aliphatic carbocycles. The molecule has 0 radical (unpaired) electrons. The molecule has 0 saturated carbocycles. The lowest BCUT2D eigenvalue weighted by Crippen LogP contribution is -2.15. The van der Waals surface area contributed by atoms with E-state index in [0.717, 1.165) is 12.1 Å². The van der Waals surface area contributed by atoms with Gasteiger partial charge in [0.1, 0.15) is 11.6 Å². The minimum absolute atomic E-state index is 0.111. The van der Waals surface area contributed by atoms with Crippen LogP contribution in [0, 0.1) is 23.0 Å². The molecular weight excluding hydrogens is 262 g/mol. The van der Waals surface area contributed by atoms with Crippen molar-refractivity contribution in [2.24, 2.45) is 0 Å². The highest BCUT2D eigenvalue weighted by Gasteiger charge is 2.09. The summed E-state index contributed by atoms with van der Waals surface area (Å²) in [6, 6.07) is 11.4. The Morgan fingerprint density at radius 1 is 1.20 bits per heavy atom. The summed E-state index contributed by atoms with van der Waals surface area (Å²) in [5.74, 6) is -1.88. The van der Waals surface area contributed by atoms with Gasteiger partial charge in [-0.1, -0.05) is 12.1 Å². The number of nitrogens with zero attached hydrogens (tertiary/aromatic N) is 1. The number of nitrogens with one attached hydrogen (secondary N) is 1. The van der Waals surface area contributed by atoms with Crippen LogP contribution in [-0.4, -0.2) is 5.91 Å². The number of carbonyl (C=O) groups is 1. The molecule has 0 aliphatic rings. The van der Waals surface area contributed by atoms with Crippen LogP contribution in [0.1, 0.15) is 11.1 Å². The Kier molecular flexibility index (Phi) is 4.06. The summed E-state index contributed by atoms with van der Waals surface area (Å²) >= 11 is 0. The molecule has 2 aromatic rings. The fraction of sp³-hybridized carbons (Fsp3) is 0.0667. The Bertz CT molecular complexity index is 693. The van der Waals surface area contributed by atoms with Crippen LogP contribution in [0.15, 0.2) is 42.5 Å². The van der Waals surface area contributed by atoms with E-state index in [1.807, 2.05) is 6.07 Å². The Labute approximate surface area is 114 Å². The first-order valence-electron chi connectivity index (χ1n) is 5.82. The molecule has 0 spiro atoms. The van der Waals surface area contributed by atoms with Crippen molar-refractivity contribution in [1.82, 2.24) is 0 Å². The quantitative estimate of drug-likeness (QED) is 0.933. The van der Waals surface area contributed by atoms with Crippen molar-refractivity contribution >= 4 is 11.6 Å². The van der Waals surface area contributed by atoms with Gasteiger partial charge in [0.15, 0.2) is 0 Å². The molecule has 1 amide bonds. The lowest BCUT2D eigenvalue weighted by Gasteiger charge is -2.06. The zero-order valence-corrected chi connectivity index (χ0v) is 10.4. The second-order valence-corrected chi connectivity index (χ2v) is 4.15. The minimum atomic E-state index is -0.758. The van der Waals surface area contributed by atoms with Gasteiger partial charge < -0.3 is 5.32 Å². The number of halogens is 2. The number of carbonyl (C=O) groups excluding carboxylic acids is 1. The fourth-order valence-corrected chi connectivity index (χ4v) is 1.71. The SMILES string of the molecule is N#Cc1cccc(NC(=O)Cc2ccc(F)cc2F)c1.